The summed E-state index contributed by atoms with van der Waals surface area (Å²) in [5, 5.41) is 13.3. The fourth-order valence-corrected chi connectivity index (χ4v) is 5.49. The molecule has 0 spiro atoms. The van der Waals surface area contributed by atoms with Crippen molar-refractivity contribution in [2.24, 2.45) is 17.3 Å². The van der Waals surface area contributed by atoms with Crippen LogP contribution in [0.1, 0.15) is 76.3 Å². The molecule has 1 saturated heterocycles. The van der Waals surface area contributed by atoms with Gasteiger partial charge in [0, 0.05) is 26.2 Å². The van der Waals surface area contributed by atoms with Crippen LogP contribution in [-0.2, 0) is 14.4 Å². The second kappa shape index (κ2) is 12.6. The standard InChI is InChI=1S/C27H42N4O6/c1-27(2,3)23(28-24(33)20(17-31(36)18-32)16-19-8-5-6-9-19)26(35)29(4)21-11-13-30(14-12-21)25(34)22-10-7-15-37-22/h7,10,15,18-21,23,36H,5-6,8-9,11-14,16-17H2,1-4H3,(H,28,33)/t20-,23-/m1/s1. The van der Waals surface area contributed by atoms with Gasteiger partial charge in [-0.1, -0.05) is 46.5 Å². The van der Waals surface area contributed by atoms with Crippen molar-refractivity contribution in [1.82, 2.24) is 20.2 Å². The lowest BCUT2D eigenvalue weighted by Crippen LogP contribution is -2.58. The summed E-state index contributed by atoms with van der Waals surface area (Å²) in [6.45, 7) is 6.64. The molecule has 0 unspecified atom stereocenters. The third-order valence-corrected chi connectivity index (χ3v) is 7.77. The Hall–Kier alpha value is -2.88. The minimum Gasteiger partial charge on any atom is -0.459 e. The maximum atomic E-state index is 13.7. The third-order valence-electron chi connectivity index (χ3n) is 7.77. The SMILES string of the molecule is CN(C(=O)[C@@H](NC(=O)[C@H](CC1CCCC1)CN(O)C=O)C(C)(C)C)C1CCN(C(=O)c2ccco2)CC1. The number of likely N-dealkylation sites (N-methyl/N-ethyl adjacent to an activating group) is 1. The molecule has 1 aliphatic carbocycles. The van der Waals surface area contributed by atoms with Crippen molar-refractivity contribution in [1.29, 1.82) is 0 Å². The molecule has 0 bridgehead atoms. The Morgan fingerprint density at radius 3 is 2.38 bits per heavy atom. The summed E-state index contributed by atoms with van der Waals surface area (Å²) in [5.74, 6) is -0.588. The number of likely N-dealkylation sites (tertiary alicyclic amines) is 1. The highest BCUT2D eigenvalue weighted by Crippen LogP contribution is 2.31. The first-order valence-electron chi connectivity index (χ1n) is 13.3. The second-order valence-corrected chi connectivity index (χ2v) is 11.6. The predicted octanol–water partition coefficient (Wildman–Crippen LogP) is 2.92. The van der Waals surface area contributed by atoms with Gasteiger partial charge in [0.1, 0.15) is 6.04 Å². The number of furan rings is 1. The minimum atomic E-state index is -0.776. The number of hydrogen-bond acceptors (Lipinski definition) is 6. The van der Waals surface area contributed by atoms with Gasteiger partial charge in [0.05, 0.1) is 18.7 Å². The summed E-state index contributed by atoms with van der Waals surface area (Å²) in [4.78, 5) is 54.1. The van der Waals surface area contributed by atoms with E-state index in [1.807, 2.05) is 20.8 Å². The quantitative estimate of drug-likeness (QED) is 0.279. The van der Waals surface area contributed by atoms with Crippen molar-refractivity contribution < 1.29 is 28.8 Å². The smallest absolute Gasteiger partial charge is 0.289 e. The van der Waals surface area contributed by atoms with Gasteiger partial charge in [0.2, 0.25) is 18.2 Å². The van der Waals surface area contributed by atoms with Gasteiger partial charge in [-0.3, -0.25) is 24.4 Å². The van der Waals surface area contributed by atoms with E-state index < -0.39 is 17.4 Å². The van der Waals surface area contributed by atoms with Crippen molar-refractivity contribution >= 4 is 24.1 Å². The fourth-order valence-electron chi connectivity index (χ4n) is 5.49. The molecular weight excluding hydrogens is 476 g/mol. The highest BCUT2D eigenvalue weighted by molar-refractivity contribution is 5.91. The van der Waals surface area contributed by atoms with Gasteiger partial charge in [-0.15, -0.1) is 0 Å². The number of carbonyl (C=O) groups is 4. The molecule has 2 heterocycles. The molecule has 37 heavy (non-hydrogen) atoms. The first kappa shape index (κ1) is 28.7. The van der Waals surface area contributed by atoms with Gasteiger partial charge >= 0.3 is 0 Å². The Kier molecular flexibility index (Phi) is 9.75. The van der Waals surface area contributed by atoms with Crippen molar-refractivity contribution in [3.63, 3.8) is 0 Å². The Morgan fingerprint density at radius 2 is 1.84 bits per heavy atom. The van der Waals surface area contributed by atoms with Crippen LogP contribution in [0.25, 0.3) is 0 Å². The fraction of sp³-hybridized carbons (Fsp3) is 0.704. The van der Waals surface area contributed by atoms with Crippen LogP contribution in [0.5, 0.6) is 0 Å². The lowest BCUT2D eigenvalue weighted by molar-refractivity contribution is -0.156. The zero-order valence-corrected chi connectivity index (χ0v) is 22.5. The van der Waals surface area contributed by atoms with E-state index in [1.165, 1.54) is 6.26 Å². The number of carbonyl (C=O) groups excluding carboxylic acids is 4. The van der Waals surface area contributed by atoms with E-state index in [1.54, 1.807) is 29.0 Å². The van der Waals surface area contributed by atoms with Crippen molar-refractivity contribution in [2.45, 2.75) is 77.8 Å². The van der Waals surface area contributed by atoms with Crippen LogP contribution in [0.3, 0.4) is 0 Å². The largest absolute Gasteiger partial charge is 0.459 e. The highest BCUT2D eigenvalue weighted by Gasteiger charge is 2.39. The zero-order valence-electron chi connectivity index (χ0n) is 22.5. The van der Waals surface area contributed by atoms with Crippen LogP contribution in [0.15, 0.2) is 22.8 Å². The lowest BCUT2D eigenvalue weighted by atomic mass is 9.84. The predicted molar refractivity (Wildman–Crippen MR) is 136 cm³/mol. The highest BCUT2D eigenvalue weighted by atomic mass is 16.5. The molecule has 3 rings (SSSR count). The van der Waals surface area contributed by atoms with Crippen LogP contribution in [-0.4, -0.2) is 83.0 Å². The molecule has 2 N–H and O–H groups in total. The zero-order chi connectivity index (χ0) is 27.2. The number of amides is 4. The molecule has 1 aliphatic heterocycles. The van der Waals surface area contributed by atoms with Crippen molar-refractivity contribution in [2.75, 3.05) is 26.7 Å². The molecule has 10 nitrogen and oxygen atoms in total. The average Bonchev–Trinajstić information content (AvgIpc) is 3.59. The maximum absolute atomic E-state index is 13.7. The summed E-state index contributed by atoms with van der Waals surface area (Å²) in [7, 11) is 1.75. The number of nitrogens with zero attached hydrogens (tertiary/aromatic N) is 3. The second-order valence-electron chi connectivity index (χ2n) is 11.6. The third kappa shape index (κ3) is 7.56. The normalized spacial score (nSPS) is 18.8. The molecule has 10 heteroatoms. The number of rotatable bonds is 10. The van der Waals surface area contributed by atoms with Crippen molar-refractivity contribution in [3.05, 3.63) is 24.2 Å². The summed E-state index contributed by atoms with van der Waals surface area (Å²) >= 11 is 0. The Morgan fingerprint density at radius 1 is 1.19 bits per heavy atom. The van der Waals surface area contributed by atoms with E-state index in [0.717, 1.165) is 25.7 Å². The molecule has 206 valence electrons. The molecule has 2 aliphatic rings. The average molecular weight is 519 g/mol. The lowest BCUT2D eigenvalue weighted by Gasteiger charge is -2.40. The molecule has 0 aromatic carbocycles. The number of nitrogens with one attached hydrogen (secondary N) is 1. The van der Waals surface area contributed by atoms with E-state index in [4.69, 9.17) is 4.42 Å². The number of piperidine rings is 1. The Bertz CT molecular complexity index is 914. The first-order valence-corrected chi connectivity index (χ1v) is 13.3. The van der Waals surface area contributed by atoms with Gasteiger partial charge in [0.25, 0.3) is 5.91 Å². The summed E-state index contributed by atoms with van der Waals surface area (Å²) < 4.78 is 5.23. The number of hydrogen-bond donors (Lipinski definition) is 2. The molecule has 0 radical (unpaired) electrons. The van der Waals surface area contributed by atoms with Gasteiger partial charge in [-0.2, -0.15) is 0 Å². The Balaban J connectivity index is 1.64. The van der Waals surface area contributed by atoms with E-state index in [2.05, 4.69) is 5.32 Å². The Labute approximate surface area is 219 Å². The summed E-state index contributed by atoms with van der Waals surface area (Å²) in [6, 6.07) is 2.49. The van der Waals surface area contributed by atoms with E-state index in [9.17, 15) is 24.4 Å². The molecule has 1 aromatic rings. The van der Waals surface area contributed by atoms with Crippen LogP contribution in [0, 0.1) is 17.3 Å². The van der Waals surface area contributed by atoms with Gasteiger partial charge in [0.15, 0.2) is 5.76 Å². The van der Waals surface area contributed by atoms with E-state index in [-0.39, 0.29) is 30.3 Å². The summed E-state index contributed by atoms with van der Waals surface area (Å²) in [5.41, 5.74) is -0.557. The minimum absolute atomic E-state index is 0.0628. The van der Waals surface area contributed by atoms with Crippen LogP contribution in [0.2, 0.25) is 0 Å². The van der Waals surface area contributed by atoms with E-state index >= 15 is 0 Å². The van der Waals surface area contributed by atoms with Crippen LogP contribution < -0.4 is 5.32 Å². The topological polar surface area (TPSA) is 123 Å². The maximum Gasteiger partial charge on any atom is 0.289 e. The molecule has 2 fully saturated rings. The van der Waals surface area contributed by atoms with Gasteiger partial charge < -0.3 is 19.5 Å². The van der Waals surface area contributed by atoms with Gasteiger partial charge in [-0.25, -0.2) is 5.06 Å². The van der Waals surface area contributed by atoms with E-state index in [0.29, 0.717) is 55.5 Å². The first-order chi connectivity index (χ1) is 17.5. The molecule has 4 amide bonds. The molecular formula is C27H42N4O6. The van der Waals surface area contributed by atoms with Crippen LogP contribution in [0.4, 0.5) is 0 Å². The molecule has 1 aromatic heterocycles. The molecule has 2 atom stereocenters. The molecule has 1 saturated carbocycles. The van der Waals surface area contributed by atoms with Gasteiger partial charge in [-0.05, 0) is 42.7 Å². The van der Waals surface area contributed by atoms with Crippen molar-refractivity contribution in [3.8, 4) is 0 Å². The monoisotopic (exact) mass is 518 g/mol. The summed E-state index contributed by atoms with van der Waals surface area (Å²) in [6.07, 6.45) is 7.90. The van der Waals surface area contributed by atoms with Crippen LogP contribution >= 0.6 is 0 Å². The number of hydroxylamine groups is 2.